The lowest BCUT2D eigenvalue weighted by atomic mass is 9.85. The van der Waals surface area contributed by atoms with Gasteiger partial charge in [-0.3, -0.25) is 24.1 Å². The van der Waals surface area contributed by atoms with Gasteiger partial charge in [-0.1, -0.05) is 34.6 Å². The zero-order valence-electron chi connectivity index (χ0n) is 21.8. The van der Waals surface area contributed by atoms with E-state index >= 15 is 0 Å². The molecule has 0 aromatic carbocycles. The molecule has 1 saturated heterocycles. The molecule has 0 radical (unpaired) electrons. The number of hydrogen-bond acceptors (Lipinski definition) is 6. The molecule has 34 heavy (non-hydrogen) atoms. The highest BCUT2D eigenvalue weighted by molar-refractivity contribution is 7.81. The smallest absolute Gasteiger partial charge is 0.327 e. The quantitative estimate of drug-likeness (QED) is 0.265. The molecule has 11 heteroatoms. The Balaban J connectivity index is 2.86. The van der Waals surface area contributed by atoms with Crippen LogP contribution in [0.2, 0.25) is 0 Å². The molecule has 1 fully saturated rings. The number of nitrogens with one attached hydrogen (secondary N) is 3. The fourth-order valence-electron chi connectivity index (χ4n) is 3.59. The molecule has 0 aliphatic carbocycles. The van der Waals surface area contributed by atoms with Gasteiger partial charge in [0.05, 0.1) is 5.25 Å². The van der Waals surface area contributed by atoms with Gasteiger partial charge >= 0.3 is 6.03 Å². The molecule has 1 aliphatic rings. The summed E-state index contributed by atoms with van der Waals surface area (Å²) < 4.78 is 0. The maximum Gasteiger partial charge on any atom is 0.327 e. The van der Waals surface area contributed by atoms with Crippen LogP contribution in [0.4, 0.5) is 4.79 Å². The molecule has 1 rings (SSSR count). The summed E-state index contributed by atoms with van der Waals surface area (Å²) in [5.74, 6) is -1.50. The van der Waals surface area contributed by atoms with E-state index in [1.807, 2.05) is 34.6 Å². The molecule has 6 amide bonds. The van der Waals surface area contributed by atoms with Crippen molar-refractivity contribution in [1.82, 2.24) is 25.8 Å². The topological polar surface area (TPSA) is 128 Å². The van der Waals surface area contributed by atoms with Crippen LogP contribution in [0.15, 0.2) is 0 Å². The van der Waals surface area contributed by atoms with Gasteiger partial charge in [-0.15, -0.1) is 0 Å². The number of likely N-dealkylation sites (N-methyl/N-ethyl adjacent to an activating group) is 2. The van der Waals surface area contributed by atoms with Gasteiger partial charge in [-0.05, 0) is 38.0 Å². The lowest BCUT2D eigenvalue weighted by Crippen LogP contribution is -2.58. The lowest BCUT2D eigenvalue weighted by Gasteiger charge is -2.32. The molecule has 0 bridgehead atoms. The van der Waals surface area contributed by atoms with Crippen molar-refractivity contribution < 1.29 is 24.0 Å². The van der Waals surface area contributed by atoms with Crippen molar-refractivity contribution in [2.45, 2.75) is 84.2 Å². The summed E-state index contributed by atoms with van der Waals surface area (Å²) in [5, 5.41) is 7.21. The lowest BCUT2D eigenvalue weighted by molar-refractivity contribution is -0.134. The van der Waals surface area contributed by atoms with E-state index in [0.717, 1.165) is 4.90 Å². The summed E-state index contributed by atoms with van der Waals surface area (Å²) in [6, 6.07) is -2.07. The number of nitrogens with zero attached hydrogens (tertiary/aromatic N) is 2. The highest BCUT2D eigenvalue weighted by Crippen LogP contribution is 2.26. The fraction of sp³-hybridized carbons (Fsp3) is 0.783. The molecule has 0 unspecified atom stereocenters. The predicted molar refractivity (Wildman–Crippen MR) is 133 cm³/mol. The molecule has 1 aliphatic heterocycles. The maximum absolute atomic E-state index is 13.0. The van der Waals surface area contributed by atoms with Crippen molar-refractivity contribution in [2.75, 3.05) is 20.6 Å². The number of urea groups is 1. The second-order valence-corrected chi connectivity index (χ2v) is 11.4. The largest absolute Gasteiger partial charge is 0.357 e. The van der Waals surface area contributed by atoms with Crippen LogP contribution < -0.4 is 16.0 Å². The minimum absolute atomic E-state index is 0.0385. The van der Waals surface area contributed by atoms with Gasteiger partial charge in [0.1, 0.15) is 17.6 Å². The zero-order valence-corrected chi connectivity index (χ0v) is 22.7. The first kappa shape index (κ1) is 29.7. The van der Waals surface area contributed by atoms with Crippen molar-refractivity contribution in [3.63, 3.8) is 0 Å². The van der Waals surface area contributed by atoms with Crippen molar-refractivity contribution in [1.29, 1.82) is 0 Å². The van der Waals surface area contributed by atoms with E-state index < -0.39 is 46.1 Å². The van der Waals surface area contributed by atoms with Gasteiger partial charge in [0.15, 0.2) is 0 Å². The first-order chi connectivity index (χ1) is 15.4. The highest BCUT2D eigenvalue weighted by Gasteiger charge is 2.49. The summed E-state index contributed by atoms with van der Waals surface area (Å²) in [5.41, 5.74) is -1.48. The second-order valence-electron chi connectivity index (χ2n) is 10.8. The molecule has 3 N–H and O–H groups in total. The minimum atomic E-state index is -0.944. The van der Waals surface area contributed by atoms with E-state index in [2.05, 4.69) is 28.6 Å². The molecule has 3 atom stereocenters. The van der Waals surface area contributed by atoms with Gasteiger partial charge in [0.2, 0.25) is 17.7 Å². The monoisotopic (exact) mass is 499 g/mol. The summed E-state index contributed by atoms with van der Waals surface area (Å²) in [4.78, 5) is 65.6. The fourth-order valence-corrected chi connectivity index (χ4v) is 3.78. The second kappa shape index (κ2) is 11.4. The van der Waals surface area contributed by atoms with E-state index in [4.69, 9.17) is 0 Å². The van der Waals surface area contributed by atoms with Crippen LogP contribution in [0.1, 0.15) is 61.3 Å². The Bertz CT molecular complexity index is 808. The molecule has 0 aromatic heterocycles. The third-order valence-electron chi connectivity index (χ3n) is 6.05. The Morgan fingerprint density at radius 2 is 1.59 bits per heavy atom. The third-order valence-corrected chi connectivity index (χ3v) is 6.55. The SMILES string of the molecule is CNC(=O)[C@H](NC(=O)[C@H](CC(C)C)NC(=O)[C@@H](S)CCN1C(=O)N(C)C(C)(C)C1=O)C(C)(C)C. The Morgan fingerprint density at radius 3 is 2.00 bits per heavy atom. The van der Waals surface area contributed by atoms with E-state index in [-0.39, 0.29) is 30.7 Å². The van der Waals surface area contributed by atoms with Gasteiger partial charge < -0.3 is 20.9 Å². The zero-order chi connectivity index (χ0) is 26.6. The van der Waals surface area contributed by atoms with Crippen molar-refractivity contribution in [3.8, 4) is 0 Å². The Labute approximate surface area is 208 Å². The average Bonchev–Trinajstić information content (AvgIpc) is 2.87. The molecule has 0 spiro atoms. The van der Waals surface area contributed by atoms with Crippen molar-refractivity contribution in [3.05, 3.63) is 0 Å². The number of hydrogen-bond donors (Lipinski definition) is 4. The molecular formula is C23H41N5O5S. The third kappa shape index (κ3) is 7.10. The molecule has 0 saturated carbocycles. The summed E-state index contributed by atoms with van der Waals surface area (Å²) in [6.07, 6.45) is 0.500. The van der Waals surface area contributed by atoms with E-state index in [1.54, 1.807) is 20.9 Å². The summed E-state index contributed by atoms with van der Waals surface area (Å²) >= 11 is 4.35. The van der Waals surface area contributed by atoms with Crippen LogP contribution in [-0.4, -0.2) is 83.0 Å². The van der Waals surface area contributed by atoms with E-state index in [0.29, 0.717) is 6.42 Å². The molecule has 194 valence electrons. The number of carbonyl (C=O) groups is 5. The average molecular weight is 500 g/mol. The van der Waals surface area contributed by atoms with Crippen LogP contribution in [0.3, 0.4) is 0 Å². The molecular weight excluding hydrogens is 458 g/mol. The van der Waals surface area contributed by atoms with Crippen molar-refractivity contribution in [2.24, 2.45) is 11.3 Å². The first-order valence-electron chi connectivity index (χ1n) is 11.5. The van der Waals surface area contributed by atoms with Gasteiger partial charge in [0, 0.05) is 20.6 Å². The van der Waals surface area contributed by atoms with E-state index in [1.165, 1.54) is 11.9 Å². The van der Waals surface area contributed by atoms with Crippen LogP contribution in [-0.2, 0) is 19.2 Å². The molecule has 1 heterocycles. The number of amides is 6. The van der Waals surface area contributed by atoms with E-state index in [9.17, 15) is 24.0 Å². The van der Waals surface area contributed by atoms with Gasteiger partial charge in [0.25, 0.3) is 5.91 Å². The highest BCUT2D eigenvalue weighted by atomic mass is 32.1. The number of carbonyl (C=O) groups excluding carboxylic acids is 5. The van der Waals surface area contributed by atoms with Gasteiger partial charge in [-0.2, -0.15) is 12.6 Å². The number of imide groups is 1. The molecule has 0 aromatic rings. The minimum Gasteiger partial charge on any atom is -0.357 e. The van der Waals surface area contributed by atoms with Crippen LogP contribution in [0.25, 0.3) is 0 Å². The van der Waals surface area contributed by atoms with Crippen LogP contribution in [0, 0.1) is 11.3 Å². The Kier molecular flexibility index (Phi) is 9.98. The first-order valence-corrected chi connectivity index (χ1v) is 12.1. The summed E-state index contributed by atoms with van der Waals surface area (Å²) in [6.45, 7) is 12.7. The number of rotatable bonds is 10. The standard InChI is InChI=1S/C23H41N5O5S/c1-13(2)12-14(17(29)26-16(19(31)24-8)22(3,4)5)25-18(30)15(34)10-11-28-20(32)23(6,7)27(9)21(28)33/h13-16,34H,10-12H2,1-9H3,(H,24,31)(H,25,30)(H,26,29)/t14-,15-,16-/m0/s1. The summed E-state index contributed by atoms with van der Waals surface area (Å²) in [7, 11) is 3.06. The van der Waals surface area contributed by atoms with Gasteiger partial charge in [-0.25, -0.2) is 4.79 Å². The van der Waals surface area contributed by atoms with Crippen LogP contribution >= 0.6 is 12.6 Å². The maximum atomic E-state index is 13.0. The Hall–Kier alpha value is -2.30. The number of thiol groups is 1. The Morgan fingerprint density at radius 1 is 1.03 bits per heavy atom. The predicted octanol–water partition coefficient (Wildman–Crippen LogP) is 1.16. The molecule has 10 nitrogen and oxygen atoms in total. The van der Waals surface area contributed by atoms with Crippen LogP contribution in [0.5, 0.6) is 0 Å². The normalized spacial score (nSPS) is 18.6. The van der Waals surface area contributed by atoms with Crippen molar-refractivity contribution >= 4 is 42.3 Å².